The molecule has 0 saturated carbocycles. The third-order valence-corrected chi connectivity index (χ3v) is 4.51. The summed E-state index contributed by atoms with van der Waals surface area (Å²) in [7, 11) is 0. The van der Waals surface area contributed by atoms with E-state index in [1.807, 2.05) is 0 Å². The number of carboxylic acids is 1. The van der Waals surface area contributed by atoms with E-state index in [0.717, 1.165) is 4.68 Å². The number of aromatic carboxylic acids is 1. The number of carbonyl (C=O) groups excluding carboxylic acids is 2. The van der Waals surface area contributed by atoms with Gasteiger partial charge in [-0.3, -0.25) is 9.59 Å². The predicted octanol–water partition coefficient (Wildman–Crippen LogP) is 0.395. The van der Waals surface area contributed by atoms with Crippen molar-refractivity contribution in [1.82, 2.24) is 19.6 Å². The van der Waals surface area contributed by atoms with Crippen molar-refractivity contribution < 1.29 is 24.2 Å². The molecule has 10 heteroatoms. The summed E-state index contributed by atoms with van der Waals surface area (Å²) < 4.78 is 5.82. The van der Waals surface area contributed by atoms with E-state index in [1.54, 1.807) is 19.1 Å². The van der Waals surface area contributed by atoms with Gasteiger partial charge in [-0.2, -0.15) is 5.10 Å². The average molecular weight is 388 g/mol. The Hall–Kier alpha value is -3.43. The molecule has 2 heterocycles. The molecule has 0 spiro atoms. The van der Waals surface area contributed by atoms with Gasteiger partial charge in [0.15, 0.2) is 5.69 Å². The number of hydrogen-bond acceptors (Lipinski definition) is 6. The van der Waals surface area contributed by atoms with Crippen molar-refractivity contribution in [2.24, 2.45) is 0 Å². The minimum absolute atomic E-state index is 0.190. The molecule has 148 valence electrons. The average Bonchev–Trinajstić information content (AvgIpc) is 2.70. The van der Waals surface area contributed by atoms with Gasteiger partial charge in [0, 0.05) is 31.6 Å². The lowest BCUT2D eigenvalue weighted by molar-refractivity contribution is -0.133. The number of nitrogens with zero attached hydrogens (tertiary/aromatic N) is 4. The first kappa shape index (κ1) is 19.3. The van der Waals surface area contributed by atoms with Gasteiger partial charge in [-0.05, 0) is 13.0 Å². The number of rotatable bonds is 4. The predicted molar refractivity (Wildman–Crippen MR) is 98.1 cm³/mol. The summed E-state index contributed by atoms with van der Waals surface area (Å²) in [4.78, 5) is 51.4. The van der Waals surface area contributed by atoms with E-state index in [-0.39, 0.29) is 35.5 Å². The molecule has 1 aromatic heterocycles. The van der Waals surface area contributed by atoms with Gasteiger partial charge in [0.05, 0.1) is 12.0 Å². The summed E-state index contributed by atoms with van der Waals surface area (Å²) in [6.45, 7) is 2.87. The van der Waals surface area contributed by atoms with Gasteiger partial charge in [-0.25, -0.2) is 14.3 Å². The van der Waals surface area contributed by atoms with Crippen LogP contribution in [0.5, 0.6) is 0 Å². The fraction of sp³-hybridized carbons (Fsp3) is 0.389. The smallest absolute Gasteiger partial charge is 0.409 e. The lowest BCUT2D eigenvalue weighted by Gasteiger charge is -2.34. The van der Waals surface area contributed by atoms with Crippen LogP contribution in [-0.4, -0.2) is 75.4 Å². The van der Waals surface area contributed by atoms with Crippen LogP contribution in [0.1, 0.15) is 17.4 Å². The molecule has 1 aromatic carbocycles. The maximum Gasteiger partial charge on any atom is 0.409 e. The Kier molecular flexibility index (Phi) is 5.57. The summed E-state index contributed by atoms with van der Waals surface area (Å²) in [5, 5.41) is 13.7. The largest absolute Gasteiger partial charge is 0.476 e. The Morgan fingerprint density at radius 3 is 2.29 bits per heavy atom. The van der Waals surface area contributed by atoms with Crippen LogP contribution in [0.15, 0.2) is 29.1 Å². The minimum Gasteiger partial charge on any atom is -0.476 e. The zero-order valence-corrected chi connectivity index (χ0v) is 15.3. The molecule has 1 fully saturated rings. The quantitative estimate of drug-likeness (QED) is 0.804. The molecule has 0 atom stereocenters. The van der Waals surface area contributed by atoms with Gasteiger partial charge in [-0.1, -0.05) is 18.2 Å². The molecule has 3 rings (SSSR count). The first-order chi connectivity index (χ1) is 13.4. The number of amides is 2. The normalized spacial score (nSPS) is 14.2. The summed E-state index contributed by atoms with van der Waals surface area (Å²) in [6.07, 6.45) is -0.423. The number of aromatic nitrogens is 2. The van der Waals surface area contributed by atoms with Crippen LogP contribution in [0.2, 0.25) is 0 Å². The number of hydrogen-bond donors (Lipinski definition) is 1. The van der Waals surface area contributed by atoms with Crippen LogP contribution in [0.25, 0.3) is 10.8 Å². The second kappa shape index (κ2) is 8.07. The summed E-state index contributed by atoms with van der Waals surface area (Å²) >= 11 is 0. The third-order valence-electron chi connectivity index (χ3n) is 4.51. The Labute approximate surface area is 159 Å². The van der Waals surface area contributed by atoms with E-state index in [1.165, 1.54) is 21.9 Å². The summed E-state index contributed by atoms with van der Waals surface area (Å²) in [5.41, 5.74) is -0.811. The first-order valence-corrected chi connectivity index (χ1v) is 8.85. The standard InChI is InChI=1S/C18H20N4O6/c1-2-28-18(27)21-9-7-20(8-10-21)14(23)11-22-16(24)13-6-4-3-5-12(13)15(19-22)17(25)26/h3-6H,2,7-11H2,1H3,(H,25,26). The van der Waals surface area contributed by atoms with Gasteiger partial charge >= 0.3 is 12.1 Å². The van der Waals surface area contributed by atoms with Crippen LogP contribution in [0.4, 0.5) is 4.79 Å². The Balaban J connectivity index is 1.77. The van der Waals surface area contributed by atoms with E-state index >= 15 is 0 Å². The van der Waals surface area contributed by atoms with E-state index in [4.69, 9.17) is 4.74 Å². The van der Waals surface area contributed by atoms with Gasteiger partial charge < -0.3 is 19.6 Å². The van der Waals surface area contributed by atoms with Crippen LogP contribution < -0.4 is 5.56 Å². The second-order valence-corrected chi connectivity index (χ2v) is 6.23. The molecule has 0 aliphatic carbocycles. The maximum absolute atomic E-state index is 12.6. The molecular formula is C18H20N4O6. The van der Waals surface area contributed by atoms with Crippen LogP contribution in [0, 0.1) is 0 Å². The number of carboxylic acid groups (broad SMARTS) is 1. The maximum atomic E-state index is 12.6. The molecule has 28 heavy (non-hydrogen) atoms. The van der Waals surface area contributed by atoms with Gasteiger partial charge in [-0.15, -0.1) is 0 Å². The van der Waals surface area contributed by atoms with E-state index in [0.29, 0.717) is 26.2 Å². The van der Waals surface area contributed by atoms with Crippen molar-refractivity contribution in [3.8, 4) is 0 Å². The van der Waals surface area contributed by atoms with Crippen molar-refractivity contribution in [3.05, 3.63) is 40.3 Å². The lowest BCUT2D eigenvalue weighted by atomic mass is 10.1. The van der Waals surface area contributed by atoms with Gasteiger partial charge in [0.2, 0.25) is 5.91 Å². The fourth-order valence-electron chi connectivity index (χ4n) is 3.08. The van der Waals surface area contributed by atoms with E-state index < -0.39 is 17.6 Å². The number of ether oxygens (including phenoxy) is 1. The molecule has 2 amide bonds. The topological polar surface area (TPSA) is 122 Å². The van der Waals surface area contributed by atoms with Crippen molar-refractivity contribution in [2.45, 2.75) is 13.5 Å². The molecule has 1 aliphatic rings. The number of carbonyl (C=O) groups is 3. The highest BCUT2D eigenvalue weighted by molar-refractivity contribution is 6.01. The molecule has 10 nitrogen and oxygen atoms in total. The van der Waals surface area contributed by atoms with Crippen molar-refractivity contribution >= 4 is 28.7 Å². The monoisotopic (exact) mass is 388 g/mol. The number of fused-ring (bicyclic) bond motifs is 1. The lowest BCUT2D eigenvalue weighted by Crippen LogP contribution is -2.51. The SMILES string of the molecule is CCOC(=O)N1CCN(C(=O)Cn2nc(C(=O)O)c3ccccc3c2=O)CC1. The molecule has 1 N–H and O–H groups in total. The highest BCUT2D eigenvalue weighted by Gasteiger charge is 2.26. The molecular weight excluding hydrogens is 368 g/mol. The highest BCUT2D eigenvalue weighted by atomic mass is 16.6. The van der Waals surface area contributed by atoms with E-state index in [2.05, 4.69) is 5.10 Å². The van der Waals surface area contributed by atoms with Crippen molar-refractivity contribution in [3.63, 3.8) is 0 Å². The molecule has 2 aromatic rings. The number of benzene rings is 1. The Bertz CT molecular complexity index is 978. The van der Waals surface area contributed by atoms with Crippen LogP contribution in [-0.2, 0) is 16.1 Å². The Morgan fingerprint density at radius 2 is 1.68 bits per heavy atom. The third kappa shape index (κ3) is 3.80. The van der Waals surface area contributed by atoms with E-state index in [9.17, 15) is 24.3 Å². The second-order valence-electron chi connectivity index (χ2n) is 6.23. The van der Waals surface area contributed by atoms with Crippen LogP contribution in [0.3, 0.4) is 0 Å². The first-order valence-electron chi connectivity index (χ1n) is 8.85. The summed E-state index contributed by atoms with van der Waals surface area (Å²) in [5.74, 6) is -1.65. The van der Waals surface area contributed by atoms with Gasteiger partial charge in [0.25, 0.3) is 5.56 Å². The molecule has 0 bridgehead atoms. The molecule has 1 saturated heterocycles. The Morgan fingerprint density at radius 1 is 1.07 bits per heavy atom. The molecule has 1 aliphatic heterocycles. The van der Waals surface area contributed by atoms with Crippen molar-refractivity contribution in [1.29, 1.82) is 0 Å². The number of piperazine rings is 1. The van der Waals surface area contributed by atoms with Gasteiger partial charge in [0.1, 0.15) is 6.54 Å². The highest BCUT2D eigenvalue weighted by Crippen LogP contribution is 2.13. The summed E-state index contributed by atoms with van der Waals surface area (Å²) in [6, 6.07) is 6.25. The molecule has 0 radical (unpaired) electrons. The fourth-order valence-corrected chi connectivity index (χ4v) is 3.08. The zero-order chi connectivity index (χ0) is 20.3. The zero-order valence-electron chi connectivity index (χ0n) is 15.3. The molecule has 0 unspecified atom stereocenters. The minimum atomic E-state index is -1.28. The van der Waals surface area contributed by atoms with Crippen LogP contribution >= 0.6 is 0 Å². The van der Waals surface area contributed by atoms with Crippen molar-refractivity contribution in [2.75, 3.05) is 32.8 Å².